The molecule has 1 aromatic heterocycles. The van der Waals surface area contributed by atoms with E-state index in [2.05, 4.69) is 54.5 Å². The number of rotatable bonds is 4. The van der Waals surface area contributed by atoms with E-state index in [1.807, 2.05) is 19.1 Å². The number of hydrogen-bond acceptors (Lipinski definition) is 2. The van der Waals surface area contributed by atoms with Gasteiger partial charge in [0.15, 0.2) is 0 Å². The molecule has 2 aromatic carbocycles. The number of hydrogen-bond donors (Lipinski definition) is 2. The molecule has 0 fully saturated rings. The van der Waals surface area contributed by atoms with Gasteiger partial charge in [-0.3, -0.25) is 4.79 Å². The monoisotopic (exact) mass is 306 g/mol. The Bertz CT molecular complexity index is 892. The van der Waals surface area contributed by atoms with Gasteiger partial charge in [-0.05, 0) is 55.2 Å². The van der Waals surface area contributed by atoms with E-state index in [4.69, 9.17) is 0 Å². The second kappa shape index (κ2) is 6.29. The molecule has 118 valence electrons. The first-order chi connectivity index (χ1) is 11.1. The topological polar surface area (TPSA) is 44.9 Å². The average molecular weight is 306 g/mol. The highest BCUT2D eigenvalue weighted by Crippen LogP contribution is 2.20. The number of benzene rings is 2. The van der Waals surface area contributed by atoms with Crippen molar-refractivity contribution in [1.29, 1.82) is 0 Å². The lowest BCUT2D eigenvalue weighted by molar-refractivity contribution is 1.08. The predicted octanol–water partition coefficient (Wildman–Crippen LogP) is 4.32. The molecule has 3 heteroatoms. The van der Waals surface area contributed by atoms with Crippen molar-refractivity contribution in [1.82, 2.24) is 4.98 Å². The maximum Gasteiger partial charge on any atom is 0.253 e. The number of aromatic amines is 1. The van der Waals surface area contributed by atoms with E-state index in [1.165, 1.54) is 11.1 Å². The Hall–Kier alpha value is -2.55. The first-order valence-corrected chi connectivity index (χ1v) is 8.03. The van der Waals surface area contributed by atoms with E-state index in [9.17, 15) is 4.79 Å². The first-order valence-electron chi connectivity index (χ1n) is 8.03. The summed E-state index contributed by atoms with van der Waals surface area (Å²) in [6.07, 6.45) is 1.03. The van der Waals surface area contributed by atoms with Crippen LogP contribution in [0.2, 0.25) is 0 Å². The van der Waals surface area contributed by atoms with Crippen molar-refractivity contribution in [3.8, 4) is 0 Å². The number of aromatic nitrogens is 1. The molecular weight excluding hydrogens is 284 g/mol. The third-order valence-electron chi connectivity index (χ3n) is 4.37. The highest BCUT2D eigenvalue weighted by molar-refractivity contribution is 5.85. The molecule has 0 saturated carbocycles. The highest BCUT2D eigenvalue weighted by atomic mass is 16.1. The zero-order valence-electron chi connectivity index (χ0n) is 13.9. The molecule has 3 rings (SSSR count). The smallest absolute Gasteiger partial charge is 0.253 e. The number of nitrogens with one attached hydrogen (secondary N) is 2. The maximum atomic E-state index is 12.3. The predicted molar refractivity (Wildman–Crippen MR) is 97.2 cm³/mol. The standard InChI is InChI=1S/C20H22N2O/c1-4-15-7-9-17(10-8-15)21-12-16-11-18-13(2)5-6-14(3)19(18)22-20(16)23/h5-11,21H,4,12H2,1-3H3,(H,22,23). The Morgan fingerprint density at radius 3 is 2.39 bits per heavy atom. The van der Waals surface area contributed by atoms with E-state index in [0.29, 0.717) is 6.54 Å². The summed E-state index contributed by atoms with van der Waals surface area (Å²) >= 11 is 0. The maximum absolute atomic E-state index is 12.3. The van der Waals surface area contributed by atoms with Crippen LogP contribution in [0.3, 0.4) is 0 Å². The summed E-state index contributed by atoms with van der Waals surface area (Å²) in [5, 5.41) is 4.45. The SMILES string of the molecule is CCc1ccc(NCc2cc3c(C)ccc(C)c3[nH]c2=O)cc1. The quantitative estimate of drug-likeness (QED) is 0.754. The third kappa shape index (κ3) is 3.14. The van der Waals surface area contributed by atoms with Crippen LogP contribution in [0.1, 0.15) is 29.2 Å². The second-order valence-electron chi connectivity index (χ2n) is 6.02. The fourth-order valence-corrected chi connectivity index (χ4v) is 2.81. The molecule has 2 N–H and O–H groups in total. The molecule has 3 aromatic rings. The molecule has 0 amide bonds. The number of fused-ring (bicyclic) bond motifs is 1. The molecular formula is C20H22N2O. The van der Waals surface area contributed by atoms with Crippen LogP contribution in [0.25, 0.3) is 10.9 Å². The fraction of sp³-hybridized carbons (Fsp3) is 0.250. The van der Waals surface area contributed by atoms with Crippen LogP contribution in [-0.2, 0) is 13.0 Å². The van der Waals surface area contributed by atoms with Crippen molar-refractivity contribution in [2.45, 2.75) is 33.7 Å². The Kier molecular flexibility index (Phi) is 4.20. The lowest BCUT2D eigenvalue weighted by Crippen LogP contribution is -2.16. The number of anilines is 1. The average Bonchev–Trinajstić information content (AvgIpc) is 2.57. The molecule has 0 unspecified atom stereocenters. The van der Waals surface area contributed by atoms with Crippen molar-refractivity contribution in [3.63, 3.8) is 0 Å². The molecule has 3 nitrogen and oxygen atoms in total. The minimum Gasteiger partial charge on any atom is -0.381 e. The van der Waals surface area contributed by atoms with Crippen molar-refractivity contribution in [3.05, 3.63) is 75.1 Å². The zero-order chi connectivity index (χ0) is 16.4. The molecule has 1 heterocycles. The van der Waals surface area contributed by atoms with E-state index < -0.39 is 0 Å². The Morgan fingerprint density at radius 1 is 1.00 bits per heavy atom. The van der Waals surface area contributed by atoms with Crippen LogP contribution in [0.4, 0.5) is 5.69 Å². The minimum absolute atomic E-state index is 0.0242. The minimum atomic E-state index is -0.0242. The van der Waals surface area contributed by atoms with Crippen LogP contribution in [0, 0.1) is 13.8 Å². The molecule has 0 saturated heterocycles. The molecule has 0 radical (unpaired) electrons. The molecule has 0 atom stereocenters. The van der Waals surface area contributed by atoms with E-state index in [-0.39, 0.29) is 5.56 Å². The van der Waals surface area contributed by atoms with Gasteiger partial charge < -0.3 is 10.3 Å². The largest absolute Gasteiger partial charge is 0.381 e. The fourth-order valence-electron chi connectivity index (χ4n) is 2.81. The highest BCUT2D eigenvalue weighted by Gasteiger charge is 2.07. The van der Waals surface area contributed by atoms with Gasteiger partial charge in [-0.1, -0.05) is 31.2 Å². The van der Waals surface area contributed by atoms with Crippen LogP contribution < -0.4 is 10.9 Å². The van der Waals surface area contributed by atoms with Gasteiger partial charge in [0.25, 0.3) is 5.56 Å². The van der Waals surface area contributed by atoms with Crippen molar-refractivity contribution in [2.75, 3.05) is 5.32 Å². The van der Waals surface area contributed by atoms with Gasteiger partial charge in [0, 0.05) is 23.2 Å². The number of aryl methyl sites for hydroxylation is 3. The molecule has 0 spiro atoms. The molecule has 0 aliphatic carbocycles. The van der Waals surface area contributed by atoms with Crippen molar-refractivity contribution in [2.24, 2.45) is 0 Å². The summed E-state index contributed by atoms with van der Waals surface area (Å²) in [7, 11) is 0. The summed E-state index contributed by atoms with van der Waals surface area (Å²) in [5.74, 6) is 0. The second-order valence-corrected chi connectivity index (χ2v) is 6.02. The number of pyridine rings is 1. The van der Waals surface area contributed by atoms with Gasteiger partial charge in [-0.25, -0.2) is 0 Å². The number of H-pyrrole nitrogens is 1. The third-order valence-corrected chi connectivity index (χ3v) is 4.37. The Morgan fingerprint density at radius 2 is 1.70 bits per heavy atom. The van der Waals surface area contributed by atoms with Gasteiger partial charge in [0.05, 0.1) is 5.52 Å². The molecule has 0 bridgehead atoms. The van der Waals surface area contributed by atoms with Crippen LogP contribution in [-0.4, -0.2) is 4.98 Å². The Labute approximate surface area is 136 Å². The lowest BCUT2D eigenvalue weighted by Gasteiger charge is -2.10. The van der Waals surface area contributed by atoms with Crippen LogP contribution in [0.15, 0.2) is 47.3 Å². The Balaban J connectivity index is 1.89. The van der Waals surface area contributed by atoms with E-state index in [0.717, 1.165) is 34.1 Å². The lowest BCUT2D eigenvalue weighted by atomic mass is 10.0. The van der Waals surface area contributed by atoms with E-state index in [1.54, 1.807) is 0 Å². The van der Waals surface area contributed by atoms with Crippen molar-refractivity contribution >= 4 is 16.6 Å². The first kappa shape index (κ1) is 15.3. The summed E-state index contributed by atoms with van der Waals surface area (Å²) in [5.41, 5.74) is 6.28. The molecule has 0 aliphatic heterocycles. The van der Waals surface area contributed by atoms with Gasteiger partial charge in [0.2, 0.25) is 0 Å². The van der Waals surface area contributed by atoms with E-state index >= 15 is 0 Å². The normalized spacial score (nSPS) is 10.9. The zero-order valence-corrected chi connectivity index (χ0v) is 13.9. The van der Waals surface area contributed by atoms with Crippen LogP contribution >= 0.6 is 0 Å². The summed E-state index contributed by atoms with van der Waals surface area (Å²) in [6.45, 7) is 6.75. The van der Waals surface area contributed by atoms with Gasteiger partial charge in [-0.15, -0.1) is 0 Å². The molecule has 0 aliphatic rings. The van der Waals surface area contributed by atoms with Gasteiger partial charge >= 0.3 is 0 Å². The van der Waals surface area contributed by atoms with Gasteiger partial charge in [-0.2, -0.15) is 0 Å². The molecule has 23 heavy (non-hydrogen) atoms. The van der Waals surface area contributed by atoms with Crippen LogP contribution in [0.5, 0.6) is 0 Å². The summed E-state index contributed by atoms with van der Waals surface area (Å²) in [4.78, 5) is 15.3. The summed E-state index contributed by atoms with van der Waals surface area (Å²) < 4.78 is 0. The summed E-state index contributed by atoms with van der Waals surface area (Å²) in [6, 6.07) is 14.5. The van der Waals surface area contributed by atoms with Crippen molar-refractivity contribution < 1.29 is 0 Å². The van der Waals surface area contributed by atoms with Gasteiger partial charge in [0.1, 0.15) is 0 Å².